The number of rotatable bonds is 9. The van der Waals surface area contributed by atoms with Crippen molar-refractivity contribution in [3.63, 3.8) is 0 Å². The molecule has 0 amide bonds. The van der Waals surface area contributed by atoms with Crippen LogP contribution in [0.1, 0.15) is 5.56 Å². The van der Waals surface area contributed by atoms with E-state index in [1.54, 1.807) is 6.07 Å². The molecule has 0 spiro atoms. The number of aliphatic hydroxyl groups is 4. The Balaban J connectivity index is 1.85. The Morgan fingerprint density at radius 2 is 2.00 bits per heavy atom. The molecule has 0 saturated carbocycles. The van der Waals surface area contributed by atoms with Crippen LogP contribution in [0.5, 0.6) is 11.5 Å². The number of aromatic hydroxyl groups is 1. The average molecular weight is 451 g/mol. The maximum atomic E-state index is 11.9. The predicted octanol–water partition coefficient (Wildman–Crippen LogP) is -0.776. The Morgan fingerprint density at radius 1 is 1.25 bits per heavy atom. The van der Waals surface area contributed by atoms with Crippen molar-refractivity contribution < 1.29 is 49.3 Å². The number of nitrogens with zero attached hydrogens (tertiary/aromatic N) is 1. The summed E-state index contributed by atoms with van der Waals surface area (Å²) in [5.74, 6) is -0.510. The molecule has 2 rings (SSSR count). The van der Waals surface area contributed by atoms with Crippen molar-refractivity contribution in [1.29, 1.82) is 5.26 Å². The van der Waals surface area contributed by atoms with Crippen LogP contribution in [-0.2, 0) is 19.0 Å². The topological polar surface area (TPSA) is 179 Å². The number of nitriles is 1. The molecule has 1 heterocycles. The molecule has 1 aliphatic rings. The van der Waals surface area contributed by atoms with Gasteiger partial charge in [0.2, 0.25) is 0 Å². The van der Waals surface area contributed by atoms with Crippen LogP contribution in [0.2, 0.25) is 0 Å². The zero-order valence-corrected chi connectivity index (χ0v) is 17.2. The highest BCUT2D eigenvalue weighted by atomic mass is 16.7. The second kappa shape index (κ2) is 12.2. The number of carbonyl (C=O) groups excluding carboxylic acids is 1. The molecule has 11 nitrogen and oxygen atoms in total. The highest BCUT2D eigenvalue weighted by molar-refractivity contribution is 5.87. The number of aliphatic hydroxyl groups excluding tert-OH is 4. The van der Waals surface area contributed by atoms with E-state index in [9.17, 15) is 25.2 Å². The second-order valence-electron chi connectivity index (χ2n) is 6.74. The van der Waals surface area contributed by atoms with Gasteiger partial charge in [0.05, 0.1) is 32.0 Å². The van der Waals surface area contributed by atoms with Gasteiger partial charge in [0.15, 0.2) is 17.8 Å². The van der Waals surface area contributed by atoms with Crippen molar-refractivity contribution in [3.05, 3.63) is 41.5 Å². The van der Waals surface area contributed by atoms with E-state index in [0.29, 0.717) is 5.56 Å². The van der Waals surface area contributed by atoms with E-state index in [2.05, 4.69) is 0 Å². The second-order valence-corrected chi connectivity index (χ2v) is 6.74. The Hall–Kier alpha value is -2.98. The minimum atomic E-state index is -1.58. The fourth-order valence-corrected chi connectivity index (χ4v) is 2.74. The summed E-state index contributed by atoms with van der Waals surface area (Å²) in [7, 11) is 1.40. The zero-order chi connectivity index (χ0) is 23.7. The largest absolute Gasteiger partial charge is 0.504 e. The molecule has 1 aromatic carbocycles. The Kier molecular flexibility index (Phi) is 9.61. The molecule has 1 saturated heterocycles. The van der Waals surface area contributed by atoms with E-state index in [1.807, 2.05) is 6.07 Å². The number of phenolic OH excluding ortho intramolecular Hbond substituents is 1. The number of hydrogen-bond donors (Lipinski definition) is 5. The molecular formula is C21H25NO10. The molecule has 0 aromatic heterocycles. The molecule has 1 aromatic rings. The van der Waals surface area contributed by atoms with Crippen LogP contribution in [0.15, 0.2) is 35.9 Å². The molecular weight excluding hydrogens is 426 g/mol. The van der Waals surface area contributed by atoms with Gasteiger partial charge in [-0.25, -0.2) is 4.79 Å². The lowest BCUT2D eigenvalue weighted by Crippen LogP contribution is -2.59. The number of ether oxygens (including phenoxy) is 4. The normalized spacial score (nSPS) is 26.0. The van der Waals surface area contributed by atoms with Crippen molar-refractivity contribution >= 4 is 12.0 Å². The number of esters is 1. The molecule has 1 aliphatic heterocycles. The van der Waals surface area contributed by atoms with Crippen molar-refractivity contribution in [1.82, 2.24) is 0 Å². The maximum absolute atomic E-state index is 11.9. The number of phenols is 1. The summed E-state index contributed by atoms with van der Waals surface area (Å²) in [5.41, 5.74) is 0.642. The van der Waals surface area contributed by atoms with Gasteiger partial charge in [-0.2, -0.15) is 5.26 Å². The zero-order valence-electron chi connectivity index (χ0n) is 17.2. The highest BCUT2D eigenvalue weighted by Crippen LogP contribution is 2.26. The van der Waals surface area contributed by atoms with Gasteiger partial charge in [-0.3, -0.25) is 0 Å². The van der Waals surface area contributed by atoms with Crippen LogP contribution >= 0.6 is 0 Å². The quantitative estimate of drug-likeness (QED) is 0.181. The maximum Gasteiger partial charge on any atom is 0.331 e. The smallest absolute Gasteiger partial charge is 0.331 e. The Labute approximate surface area is 183 Å². The lowest BCUT2D eigenvalue weighted by Gasteiger charge is -2.39. The van der Waals surface area contributed by atoms with Crippen LogP contribution in [0.25, 0.3) is 6.08 Å². The summed E-state index contributed by atoms with van der Waals surface area (Å²) >= 11 is 0. The van der Waals surface area contributed by atoms with Gasteiger partial charge in [0.1, 0.15) is 31.0 Å². The molecule has 5 atom stereocenters. The summed E-state index contributed by atoms with van der Waals surface area (Å²) in [6.45, 7) is -1.16. The van der Waals surface area contributed by atoms with E-state index in [4.69, 9.17) is 29.3 Å². The first-order chi connectivity index (χ1) is 15.3. The van der Waals surface area contributed by atoms with Gasteiger partial charge in [0.25, 0.3) is 0 Å². The summed E-state index contributed by atoms with van der Waals surface area (Å²) < 4.78 is 20.4. The van der Waals surface area contributed by atoms with Crippen molar-refractivity contribution in [2.75, 3.05) is 26.9 Å². The van der Waals surface area contributed by atoms with Crippen molar-refractivity contribution in [3.8, 4) is 17.6 Å². The third kappa shape index (κ3) is 6.76. The molecule has 11 heteroatoms. The molecule has 32 heavy (non-hydrogen) atoms. The number of hydrogen-bond acceptors (Lipinski definition) is 11. The monoisotopic (exact) mass is 451 g/mol. The SMILES string of the molecule is COc1cc(/C=C/C(=O)OC/C(C#N)=C/COC2OC(CO)C(O)C(O)C2O)ccc1O. The van der Waals surface area contributed by atoms with E-state index in [1.165, 1.54) is 31.4 Å². The Bertz CT molecular complexity index is 876. The van der Waals surface area contributed by atoms with Crippen molar-refractivity contribution in [2.45, 2.75) is 30.7 Å². The van der Waals surface area contributed by atoms with Gasteiger partial charge in [-0.05, 0) is 29.8 Å². The fraction of sp³-hybridized carbons (Fsp3) is 0.429. The third-order valence-electron chi connectivity index (χ3n) is 4.57. The fourth-order valence-electron chi connectivity index (χ4n) is 2.74. The minimum absolute atomic E-state index is 0.0399. The van der Waals surface area contributed by atoms with Crippen LogP contribution in [0.4, 0.5) is 0 Å². The molecule has 1 fully saturated rings. The molecule has 0 aliphatic carbocycles. The number of methoxy groups -OCH3 is 1. The van der Waals surface area contributed by atoms with Crippen LogP contribution in [-0.4, -0.2) is 89.1 Å². The highest BCUT2D eigenvalue weighted by Gasteiger charge is 2.43. The summed E-state index contributed by atoms with van der Waals surface area (Å²) in [6.07, 6.45) is -3.21. The number of benzene rings is 1. The van der Waals surface area contributed by atoms with Gasteiger partial charge in [-0.1, -0.05) is 6.07 Å². The lowest BCUT2D eigenvalue weighted by molar-refractivity contribution is -0.298. The van der Waals surface area contributed by atoms with E-state index in [0.717, 1.165) is 6.08 Å². The van der Waals surface area contributed by atoms with Crippen LogP contribution < -0.4 is 4.74 Å². The summed E-state index contributed by atoms with van der Waals surface area (Å²) in [6, 6.07) is 6.34. The molecule has 174 valence electrons. The summed E-state index contributed by atoms with van der Waals surface area (Å²) in [5, 5.41) is 57.2. The third-order valence-corrected chi connectivity index (χ3v) is 4.57. The standard InChI is InChI=1S/C21H25NO10/c1-29-15-8-12(2-4-14(15)24)3-5-17(25)31-11-13(9-22)6-7-30-21-20(28)19(27)18(26)16(10-23)32-21/h2-6,8,16,18-21,23-24,26-28H,7,10-11H2,1H3/b5-3+,13-6+. The number of carbonyl (C=O) groups is 1. The molecule has 5 N–H and O–H groups in total. The molecule has 5 unspecified atom stereocenters. The van der Waals surface area contributed by atoms with E-state index < -0.39 is 43.3 Å². The van der Waals surface area contributed by atoms with E-state index >= 15 is 0 Å². The van der Waals surface area contributed by atoms with Crippen LogP contribution in [0.3, 0.4) is 0 Å². The minimum Gasteiger partial charge on any atom is -0.504 e. The lowest BCUT2D eigenvalue weighted by atomic mass is 9.99. The van der Waals surface area contributed by atoms with Gasteiger partial charge < -0.3 is 44.5 Å². The molecule has 0 radical (unpaired) electrons. The van der Waals surface area contributed by atoms with E-state index in [-0.39, 0.29) is 30.3 Å². The predicted molar refractivity (Wildman–Crippen MR) is 108 cm³/mol. The first kappa shape index (κ1) is 25.3. The Morgan fingerprint density at radius 3 is 2.66 bits per heavy atom. The van der Waals surface area contributed by atoms with Crippen molar-refractivity contribution in [2.24, 2.45) is 0 Å². The van der Waals surface area contributed by atoms with Gasteiger partial charge >= 0.3 is 5.97 Å². The van der Waals surface area contributed by atoms with Gasteiger partial charge in [-0.15, -0.1) is 0 Å². The van der Waals surface area contributed by atoms with Crippen LogP contribution in [0, 0.1) is 11.3 Å². The summed E-state index contributed by atoms with van der Waals surface area (Å²) in [4.78, 5) is 11.9. The van der Waals surface area contributed by atoms with Gasteiger partial charge in [0, 0.05) is 6.08 Å². The first-order valence-corrected chi connectivity index (χ1v) is 9.53. The molecule has 0 bridgehead atoms. The average Bonchev–Trinajstić information content (AvgIpc) is 2.80. The first-order valence-electron chi connectivity index (χ1n) is 9.53.